The minimum atomic E-state index is -0.140. The first kappa shape index (κ1) is 17.2. The van der Waals surface area contributed by atoms with Crippen molar-refractivity contribution < 1.29 is 9.53 Å². The number of nitrogens with zero attached hydrogens (tertiary/aromatic N) is 2. The zero-order valence-corrected chi connectivity index (χ0v) is 14.4. The molecule has 22 heavy (non-hydrogen) atoms. The molecule has 1 aromatic rings. The lowest BCUT2D eigenvalue weighted by molar-refractivity contribution is -0.0948. The van der Waals surface area contributed by atoms with Gasteiger partial charge in [-0.05, 0) is 39.8 Å². The molecule has 2 atom stereocenters. The zero-order chi connectivity index (χ0) is 16.3. The highest BCUT2D eigenvalue weighted by molar-refractivity contribution is 6.29. The Balaban J connectivity index is 1.95. The molecular weight excluding hydrogens is 302 g/mol. The number of hydrogen-bond donors (Lipinski definition) is 1. The van der Waals surface area contributed by atoms with Crippen molar-refractivity contribution >= 4 is 17.5 Å². The van der Waals surface area contributed by atoms with E-state index in [-0.39, 0.29) is 23.7 Å². The standard InChI is InChI=1S/C16H24ClN3O2/c1-11-8-20(9-12(2)22-11)16(3,4)10-19-15(21)13-5-6-18-14(17)7-13/h5-7,11-12H,8-10H2,1-4H3,(H,19,21)/t11-,12-/m1/s1. The average Bonchev–Trinajstić information content (AvgIpc) is 2.44. The number of ether oxygens (including phenoxy) is 1. The third-order valence-electron chi connectivity index (χ3n) is 3.95. The Labute approximate surface area is 137 Å². The first-order valence-corrected chi connectivity index (χ1v) is 7.96. The first-order valence-electron chi connectivity index (χ1n) is 7.58. The average molecular weight is 326 g/mol. The molecule has 6 heteroatoms. The Morgan fingerprint density at radius 1 is 1.45 bits per heavy atom. The summed E-state index contributed by atoms with van der Waals surface area (Å²) < 4.78 is 5.77. The molecule has 1 aliphatic heterocycles. The van der Waals surface area contributed by atoms with Crippen molar-refractivity contribution in [2.24, 2.45) is 0 Å². The molecule has 0 saturated carbocycles. The van der Waals surface area contributed by atoms with Crippen LogP contribution in [0.2, 0.25) is 5.15 Å². The predicted octanol–water partition coefficient (Wildman–Crippen LogP) is 2.35. The lowest BCUT2D eigenvalue weighted by atomic mass is 10.00. The second-order valence-electron chi connectivity index (χ2n) is 6.52. The van der Waals surface area contributed by atoms with Crippen LogP contribution in [0.1, 0.15) is 38.1 Å². The van der Waals surface area contributed by atoms with Gasteiger partial charge in [0.15, 0.2) is 0 Å². The SMILES string of the molecule is C[C@@H]1CN(C(C)(C)CNC(=O)c2ccnc(Cl)c2)C[C@@H](C)O1. The van der Waals surface area contributed by atoms with E-state index in [0.717, 1.165) is 13.1 Å². The topological polar surface area (TPSA) is 54.5 Å². The minimum Gasteiger partial charge on any atom is -0.373 e. The van der Waals surface area contributed by atoms with E-state index in [4.69, 9.17) is 16.3 Å². The van der Waals surface area contributed by atoms with Gasteiger partial charge in [0.2, 0.25) is 0 Å². The van der Waals surface area contributed by atoms with Gasteiger partial charge in [0.25, 0.3) is 5.91 Å². The van der Waals surface area contributed by atoms with Crippen molar-refractivity contribution in [3.8, 4) is 0 Å². The summed E-state index contributed by atoms with van der Waals surface area (Å²) in [7, 11) is 0. The molecule has 1 amide bonds. The molecule has 0 bridgehead atoms. The molecule has 1 N–H and O–H groups in total. The first-order chi connectivity index (χ1) is 10.3. The number of aromatic nitrogens is 1. The van der Waals surface area contributed by atoms with Gasteiger partial charge in [-0.25, -0.2) is 4.98 Å². The number of pyridine rings is 1. The maximum atomic E-state index is 12.2. The van der Waals surface area contributed by atoms with Crippen LogP contribution in [-0.4, -0.2) is 53.2 Å². The molecular formula is C16H24ClN3O2. The second kappa shape index (κ2) is 6.94. The van der Waals surface area contributed by atoms with Gasteiger partial charge in [-0.2, -0.15) is 0 Å². The summed E-state index contributed by atoms with van der Waals surface area (Å²) in [5.74, 6) is -0.133. The molecule has 2 rings (SSSR count). The molecule has 1 saturated heterocycles. The quantitative estimate of drug-likeness (QED) is 0.863. The van der Waals surface area contributed by atoms with Crippen LogP contribution in [0, 0.1) is 0 Å². The summed E-state index contributed by atoms with van der Waals surface area (Å²) in [5.41, 5.74) is 0.387. The molecule has 0 radical (unpaired) electrons. The Morgan fingerprint density at radius 2 is 2.09 bits per heavy atom. The maximum absolute atomic E-state index is 12.2. The zero-order valence-electron chi connectivity index (χ0n) is 13.6. The van der Waals surface area contributed by atoms with Crippen molar-refractivity contribution in [3.05, 3.63) is 29.0 Å². The number of rotatable bonds is 4. The summed E-state index contributed by atoms with van der Waals surface area (Å²) in [6, 6.07) is 3.23. The largest absolute Gasteiger partial charge is 0.373 e. The summed E-state index contributed by atoms with van der Waals surface area (Å²) in [4.78, 5) is 18.5. The summed E-state index contributed by atoms with van der Waals surface area (Å²) in [6.45, 7) is 10.7. The molecule has 2 heterocycles. The van der Waals surface area contributed by atoms with Crippen LogP contribution in [0.25, 0.3) is 0 Å². The molecule has 0 spiro atoms. The van der Waals surface area contributed by atoms with Gasteiger partial charge in [0, 0.05) is 36.9 Å². The third kappa shape index (κ3) is 4.41. The van der Waals surface area contributed by atoms with Crippen molar-refractivity contribution in [3.63, 3.8) is 0 Å². The van der Waals surface area contributed by atoms with Crippen LogP contribution in [0.3, 0.4) is 0 Å². The number of carbonyl (C=O) groups excluding carboxylic acids is 1. The molecule has 0 unspecified atom stereocenters. The van der Waals surface area contributed by atoms with Gasteiger partial charge in [-0.15, -0.1) is 0 Å². The Morgan fingerprint density at radius 3 is 2.68 bits per heavy atom. The fourth-order valence-corrected chi connectivity index (χ4v) is 2.90. The van der Waals surface area contributed by atoms with Crippen LogP contribution in [0.5, 0.6) is 0 Å². The summed E-state index contributed by atoms with van der Waals surface area (Å²) >= 11 is 5.82. The molecule has 1 fully saturated rings. The number of morpholine rings is 1. The van der Waals surface area contributed by atoms with E-state index in [2.05, 4.69) is 42.9 Å². The Kier molecular flexibility index (Phi) is 5.42. The van der Waals surface area contributed by atoms with E-state index in [9.17, 15) is 4.79 Å². The van der Waals surface area contributed by atoms with Crippen LogP contribution >= 0.6 is 11.6 Å². The molecule has 5 nitrogen and oxygen atoms in total. The van der Waals surface area contributed by atoms with Gasteiger partial charge in [0.05, 0.1) is 12.2 Å². The van der Waals surface area contributed by atoms with Crippen molar-refractivity contribution in [1.29, 1.82) is 0 Å². The predicted molar refractivity (Wildman–Crippen MR) is 87.2 cm³/mol. The van der Waals surface area contributed by atoms with Gasteiger partial charge < -0.3 is 10.1 Å². The number of amides is 1. The summed E-state index contributed by atoms with van der Waals surface area (Å²) in [5, 5.41) is 3.31. The molecule has 0 aliphatic carbocycles. The fourth-order valence-electron chi connectivity index (χ4n) is 2.73. The minimum absolute atomic E-state index is 0.133. The van der Waals surface area contributed by atoms with E-state index < -0.39 is 0 Å². The lowest BCUT2D eigenvalue weighted by Crippen LogP contribution is -2.58. The third-order valence-corrected chi connectivity index (χ3v) is 4.15. The lowest BCUT2D eigenvalue weighted by Gasteiger charge is -2.45. The van der Waals surface area contributed by atoms with Gasteiger partial charge in [0.1, 0.15) is 5.15 Å². The van der Waals surface area contributed by atoms with E-state index in [1.165, 1.54) is 6.20 Å². The fraction of sp³-hybridized carbons (Fsp3) is 0.625. The summed E-state index contributed by atoms with van der Waals surface area (Å²) in [6.07, 6.45) is 1.95. The van der Waals surface area contributed by atoms with E-state index >= 15 is 0 Å². The number of carbonyl (C=O) groups is 1. The van der Waals surface area contributed by atoms with Gasteiger partial charge in [-0.1, -0.05) is 11.6 Å². The Hall–Kier alpha value is -1.17. The smallest absolute Gasteiger partial charge is 0.251 e. The van der Waals surface area contributed by atoms with Crippen LogP contribution < -0.4 is 5.32 Å². The van der Waals surface area contributed by atoms with E-state index in [0.29, 0.717) is 17.3 Å². The van der Waals surface area contributed by atoms with Crippen LogP contribution in [0.15, 0.2) is 18.3 Å². The van der Waals surface area contributed by atoms with Gasteiger partial charge in [-0.3, -0.25) is 9.69 Å². The normalized spacial score (nSPS) is 23.3. The molecule has 1 aromatic heterocycles. The van der Waals surface area contributed by atoms with E-state index in [1.807, 2.05) is 0 Å². The highest BCUT2D eigenvalue weighted by Gasteiger charge is 2.33. The van der Waals surface area contributed by atoms with Crippen LogP contribution in [-0.2, 0) is 4.74 Å². The van der Waals surface area contributed by atoms with Gasteiger partial charge >= 0.3 is 0 Å². The molecule has 0 aromatic carbocycles. The second-order valence-corrected chi connectivity index (χ2v) is 6.91. The van der Waals surface area contributed by atoms with Crippen LogP contribution in [0.4, 0.5) is 0 Å². The molecule has 1 aliphatic rings. The number of halogens is 1. The maximum Gasteiger partial charge on any atom is 0.251 e. The highest BCUT2D eigenvalue weighted by Crippen LogP contribution is 2.20. The highest BCUT2D eigenvalue weighted by atomic mass is 35.5. The Bertz CT molecular complexity index is 526. The van der Waals surface area contributed by atoms with Crippen molar-refractivity contribution in [2.45, 2.75) is 45.4 Å². The monoisotopic (exact) mass is 325 g/mol. The number of nitrogens with one attached hydrogen (secondary N) is 1. The number of hydrogen-bond acceptors (Lipinski definition) is 4. The molecule has 122 valence electrons. The van der Waals surface area contributed by atoms with Crippen molar-refractivity contribution in [2.75, 3.05) is 19.6 Å². The van der Waals surface area contributed by atoms with E-state index in [1.54, 1.807) is 12.1 Å². The van der Waals surface area contributed by atoms with Crippen molar-refractivity contribution in [1.82, 2.24) is 15.2 Å².